The van der Waals surface area contributed by atoms with Crippen molar-refractivity contribution < 1.29 is 19.4 Å². The van der Waals surface area contributed by atoms with Gasteiger partial charge in [-0.2, -0.15) is 5.26 Å². The molecule has 1 unspecified atom stereocenters. The van der Waals surface area contributed by atoms with Crippen molar-refractivity contribution >= 4 is 34.1 Å². The number of nitrogens with zero attached hydrogens (tertiary/aromatic N) is 2. The molecule has 1 aliphatic heterocycles. The summed E-state index contributed by atoms with van der Waals surface area (Å²) in [6, 6.07) is 16.4. The summed E-state index contributed by atoms with van der Waals surface area (Å²) in [6.45, 7) is 0.362. The predicted octanol–water partition coefficient (Wildman–Crippen LogP) is 4.67. The van der Waals surface area contributed by atoms with Crippen LogP contribution in [0.15, 0.2) is 60.9 Å². The van der Waals surface area contributed by atoms with Crippen LogP contribution >= 0.6 is 11.6 Å². The smallest absolute Gasteiger partial charge is 0.196 e. The zero-order chi connectivity index (χ0) is 24.9. The van der Waals surface area contributed by atoms with Crippen LogP contribution < -0.4 is 10.1 Å². The number of pyridine rings is 1. The number of para-hydroxylation sites is 1. The molecule has 9 heteroatoms. The number of H-pyrrole nitrogens is 1. The number of aromatic nitrogens is 2. The molecule has 1 aliphatic carbocycles. The molecule has 2 fully saturated rings. The molecule has 0 radical (unpaired) electrons. The first-order chi connectivity index (χ1) is 17.5. The Balaban J connectivity index is 1.36. The fourth-order valence-electron chi connectivity index (χ4n) is 4.97. The van der Waals surface area contributed by atoms with Crippen molar-refractivity contribution in [1.29, 1.82) is 5.26 Å². The van der Waals surface area contributed by atoms with Crippen LogP contribution in [0.25, 0.3) is 11.0 Å². The van der Waals surface area contributed by atoms with Gasteiger partial charge in [0.05, 0.1) is 52.1 Å². The second-order valence-corrected chi connectivity index (χ2v) is 9.50. The highest BCUT2D eigenvalue weighted by atomic mass is 35.5. The SMILES string of the molecule is N#Cc1cnc2[nH]cc(C(=O)c3ccc(Oc4ccccc4)cc3Cl)c2c1N[C@@]12COC(CO)[C@@H]1C2. The van der Waals surface area contributed by atoms with Crippen LogP contribution in [0.1, 0.15) is 27.9 Å². The fraction of sp³-hybridized carbons (Fsp3) is 0.222. The van der Waals surface area contributed by atoms with E-state index in [1.807, 2.05) is 30.3 Å². The van der Waals surface area contributed by atoms with E-state index >= 15 is 0 Å². The molecular formula is C27H21ClN4O4. The molecule has 3 heterocycles. The van der Waals surface area contributed by atoms with Gasteiger partial charge in [0, 0.05) is 29.9 Å². The summed E-state index contributed by atoms with van der Waals surface area (Å²) in [5.74, 6) is 1.00. The number of aromatic amines is 1. The molecule has 0 bridgehead atoms. The van der Waals surface area contributed by atoms with Crippen molar-refractivity contribution in [2.24, 2.45) is 5.92 Å². The summed E-state index contributed by atoms with van der Waals surface area (Å²) >= 11 is 6.52. The van der Waals surface area contributed by atoms with E-state index in [1.54, 1.807) is 24.4 Å². The molecule has 3 N–H and O–H groups in total. The molecule has 0 amide bonds. The molecule has 1 saturated heterocycles. The van der Waals surface area contributed by atoms with Crippen molar-refractivity contribution in [1.82, 2.24) is 9.97 Å². The van der Waals surface area contributed by atoms with Gasteiger partial charge in [-0.1, -0.05) is 29.8 Å². The van der Waals surface area contributed by atoms with E-state index < -0.39 is 0 Å². The van der Waals surface area contributed by atoms with E-state index in [1.165, 1.54) is 6.20 Å². The molecule has 0 spiro atoms. The van der Waals surface area contributed by atoms with Gasteiger partial charge in [-0.25, -0.2) is 4.98 Å². The van der Waals surface area contributed by atoms with Crippen LogP contribution in [-0.2, 0) is 4.74 Å². The molecular weight excluding hydrogens is 480 g/mol. The molecule has 1 saturated carbocycles. The molecule has 2 aromatic heterocycles. The van der Waals surface area contributed by atoms with Gasteiger partial charge >= 0.3 is 0 Å². The Morgan fingerprint density at radius 3 is 2.81 bits per heavy atom. The van der Waals surface area contributed by atoms with E-state index in [0.717, 1.165) is 6.42 Å². The second kappa shape index (κ2) is 8.64. The van der Waals surface area contributed by atoms with Crippen molar-refractivity contribution in [3.05, 3.63) is 82.6 Å². The highest BCUT2D eigenvalue weighted by molar-refractivity contribution is 6.36. The van der Waals surface area contributed by atoms with E-state index in [0.29, 0.717) is 51.5 Å². The second-order valence-electron chi connectivity index (χ2n) is 9.09. The summed E-state index contributed by atoms with van der Waals surface area (Å²) in [5.41, 5.74) is 1.60. The van der Waals surface area contributed by atoms with Crippen molar-refractivity contribution in [3.63, 3.8) is 0 Å². The Morgan fingerprint density at radius 2 is 2.11 bits per heavy atom. The lowest BCUT2D eigenvalue weighted by atomic mass is 10.0. The molecule has 180 valence electrons. The first-order valence-corrected chi connectivity index (χ1v) is 11.9. The van der Waals surface area contributed by atoms with E-state index in [9.17, 15) is 15.2 Å². The summed E-state index contributed by atoms with van der Waals surface area (Å²) in [6.07, 6.45) is 3.64. The number of nitrogens with one attached hydrogen (secondary N) is 2. The number of anilines is 1. The number of ketones is 1. The minimum absolute atomic E-state index is 0.0542. The molecule has 8 nitrogen and oxygen atoms in total. The Morgan fingerprint density at radius 1 is 1.28 bits per heavy atom. The van der Waals surface area contributed by atoms with Gasteiger partial charge < -0.3 is 24.9 Å². The minimum Gasteiger partial charge on any atom is -0.457 e. The summed E-state index contributed by atoms with van der Waals surface area (Å²) < 4.78 is 11.5. The largest absolute Gasteiger partial charge is 0.457 e. The van der Waals surface area contributed by atoms with Crippen molar-refractivity contribution in [2.45, 2.75) is 18.1 Å². The van der Waals surface area contributed by atoms with Gasteiger partial charge in [-0.05, 0) is 30.7 Å². The molecule has 36 heavy (non-hydrogen) atoms. The Bertz CT molecular complexity index is 1530. The highest BCUT2D eigenvalue weighted by Crippen LogP contribution is 2.54. The van der Waals surface area contributed by atoms with Crippen LogP contribution in [0.2, 0.25) is 5.02 Å². The van der Waals surface area contributed by atoms with E-state index in [-0.39, 0.29) is 35.0 Å². The van der Waals surface area contributed by atoms with Crippen LogP contribution in [0, 0.1) is 17.2 Å². The number of benzene rings is 2. The lowest BCUT2D eigenvalue weighted by molar-refractivity contribution is 0.0337. The lowest BCUT2D eigenvalue weighted by Crippen LogP contribution is -2.26. The average molecular weight is 501 g/mol. The average Bonchev–Trinajstić information content (AvgIpc) is 3.25. The zero-order valence-corrected chi connectivity index (χ0v) is 19.7. The predicted molar refractivity (Wildman–Crippen MR) is 133 cm³/mol. The quantitative estimate of drug-likeness (QED) is 0.315. The minimum atomic E-state index is -0.376. The first-order valence-electron chi connectivity index (χ1n) is 11.5. The normalized spacial score (nSPS) is 22.1. The number of nitriles is 1. The Kier molecular flexibility index (Phi) is 5.41. The van der Waals surface area contributed by atoms with Gasteiger partial charge in [-0.15, -0.1) is 0 Å². The molecule has 2 aliphatic rings. The molecule has 4 aromatic rings. The third-order valence-corrected chi connectivity index (χ3v) is 7.23. The standard InChI is InChI=1S/C27H21ClN4O4/c28-21-8-17(36-16-4-2-1-3-5-16)6-7-18(21)25(34)19-12-31-26-23(19)24(15(10-29)11-30-26)32-27-9-20(27)22(13-33)35-14-27/h1-8,11-12,20,22,33H,9,13-14H2,(H2,30,31,32)/t20-,22?,27-/m0/s1. The zero-order valence-electron chi connectivity index (χ0n) is 19.0. The summed E-state index contributed by atoms with van der Waals surface area (Å²) in [4.78, 5) is 21.0. The van der Waals surface area contributed by atoms with E-state index in [2.05, 4.69) is 21.4 Å². The molecule has 6 rings (SSSR count). The topological polar surface area (TPSA) is 120 Å². The maximum atomic E-state index is 13.6. The summed E-state index contributed by atoms with van der Waals surface area (Å²) in [7, 11) is 0. The van der Waals surface area contributed by atoms with Gasteiger partial charge in [0.1, 0.15) is 23.2 Å². The van der Waals surface area contributed by atoms with E-state index in [4.69, 9.17) is 21.1 Å². The lowest BCUT2D eigenvalue weighted by Gasteiger charge is -2.18. The number of fused-ring (bicyclic) bond motifs is 2. The number of carbonyl (C=O) groups is 1. The third-order valence-electron chi connectivity index (χ3n) is 6.92. The maximum absolute atomic E-state index is 13.6. The maximum Gasteiger partial charge on any atom is 0.196 e. The summed E-state index contributed by atoms with van der Waals surface area (Å²) in [5, 5.41) is 23.6. The number of aliphatic hydroxyl groups excluding tert-OH is 1. The van der Waals surface area contributed by atoms with Crippen LogP contribution in [0.4, 0.5) is 5.69 Å². The number of hydrogen-bond acceptors (Lipinski definition) is 7. The fourth-order valence-corrected chi connectivity index (χ4v) is 5.23. The Labute approximate surface area is 211 Å². The number of ether oxygens (including phenoxy) is 2. The highest BCUT2D eigenvalue weighted by Gasteiger charge is 2.63. The van der Waals surface area contributed by atoms with Gasteiger partial charge in [0.15, 0.2) is 5.78 Å². The van der Waals surface area contributed by atoms with Gasteiger partial charge in [0.2, 0.25) is 0 Å². The number of carbonyl (C=O) groups excluding carboxylic acids is 1. The van der Waals surface area contributed by atoms with Crippen molar-refractivity contribution in [3.8, 4) is 17.6 Å². The monoisotopic (exact) mass is 500 g/mol. The van der Waals surface area contributed by atoms with Crippen LogP contribution in [0.3, 0.4) is 0 Å². The number of aliphatic hydroxyl groups is 1. The number of hydrogen-bond donors (Lipinski definition) is 3. The van der Waals surface area contributed by atoms with Gasteiger partial charge in [-0.3, -0.25) is 4.79 Å². The number of halogens is 1. The van der Waals surface area contributed by atoms with Gasteiger partial charge in [0.25, 0.3) is 0 Å². The molecule has 3 atom stereocenters. The molecule has 2 aromatic carbocycles. The Hall–Kier alpha value is -3.90. The number of rotatable bonds is 7. The third kappa shape index (κ3) is 3.69. The van der Waals surface area contributed by atoms with Crippen LogP contribution in [0.5, 0.6) is 11.5 Å². The van der Waals surface area contributed by atoms with Crippen LogP contribution in [-0.4, -0.2) is 45.7 Å². The first kappa shape index (κ1) is 22.6. The van der Waals surface area contributed by atoms with Crippen molar-refractivity contribution in [2.75, 3.05) is 18.5 Å².